The van der Waals surface area contributed by atoms with Crippen molar-refractivity contribution in [1.82, 2.24) is 4.90 Å². The molecular formula is C26H22Cl2F3N4O2+. The number of carbonyl (C=O) groups is 2. The van der Waals surface area contributed by atoms with Gasteiger partial charge in [-0.2, -0.15) is 0 Å². The lowest BCUT2D eigenvalue weighted by atomic mass is 9.91. The first-order chi connectivity index (χ1) is 17.5. The van der Waals surface area contributed by atoms with Crippen molar-refractivity contribution in [3.8, 4) is 0 Å². The first kappa shape index (κ1) is 26.6. The topological polar surface area (TPSA) is 89.7 Å². The summed E-state index contributed by atoms with van der Waals surface area (Å²) in [7, 11) is 1.61. The molecule has 0 aromatic heterocycles. The van der Waals surface area contributed by atoms with Crippen molar-refractivity contribution < 1.29 is 27.8 Å². The number of alkyl halides is 1. The lowest BCUT2D eigenvalue weighted by Crippen LogP contribution is -2.69. The summed E-state index contributed by atoms with van der Waals surface area (Å²) in [5.41, 5.74) is 8.44. The highest BCUT2D eigenvalue weighted by atomic mass is 35.5. The molecule has 0 saturated carbocycles. The minimum atomic E-state index is -1.03. The van der Waals surface area contributed by atoms with Gasteiger partial charge in [0.2, 0.25) is 5.71 Å². The number of allylic oxidation sites excluding steroid dienone is 1. The molecule has 2 amide bonds. The van der Waals surface area contributed by atoms with Gasteiger partial charge in [-0.25, -0.2) is 23.2 Å². The Kier molecular flexibility index (Phi) is 7.57. The molecule has 2 heterocycles. The van der Waals surface area contributed by atoms with Gasteiger partial charge in [0.25, 0.3) is 11.8 Å². The smallest absolute Gasteiger partial charge is 0.267 e. The van der Waals surface area contributed by atoms with Crippen molar-refractivity contribution in [1.29, 1.82) is 0 Å². The third-order valence-electron chi connectivity index (χ3n) is 6.30. The number of dihydropyridines is 1. The second-order valence-electron chi connectivity index (χ2n) is 8.58. The molecule has 2 aliphatic rings. The first-order valence-electron chi connectivity index (χ1n) is 11.3. The summed E-state index contributed by atoms with van der Waals surface area (Å²) in [6, 6.07) is 4.67. The van der Waals surface area contributed by atoms with Gasteiger partial charge < -0.3 is 10.6 Å². The van der Waals surface area contributed by atoms with E-state index < -0.39 is 40.7 Å². The number of hydrogen-bond acceptors (Lipinski definition) is 3. The summed E-state index contributed by atoms with van der Waals surface area (Å²) < 4.78 is 42.3. The van der Waals surface area contributed by atoms with Gasteiger partial charge in [0, 0.05) is 35.7 Å². The van der Waals surface area contributed by atoms with Crippen LogP contribution in [0.3, 0.4) is 0 Å². The van der Waals surface area contributed by atoms with Crippen LogP contribution in [0.1, 0.15) is 34.8 Å². The van der Waals surface area contributed by atoms with Crippen LogP contribution < -0.4 is 10.7 Å². The first-order valence-corrected chi connectivity index (χ1v) is 12.1. The maximum absolute atomic E-state index is 14.6. The Morgan fingerprint density at radius 2 is 1.78 bits per heavy atom. The number of hydrogen-bond donors (Lipinski definition) is 2. The number of nitrogens with two attached hydrogens (primary N) is 1. The fourth-order valence-electron chi connectivity index (χ4n) is 4.45. The molecule has 0 fully saturated rings. The number of nitrogens with one attached hydrogen (secondary N) is 1. The van der Waals surface area contributed by atoms with Crippen LogP contribution in [0.25, 0.3) is 5.57 Å². The van der Waals surface area contributed by atoms with Gasteiger partial charge in [0.15, 0.2) is 0 Å². The SMILES string of the molecule is C[NH+]=C(C1=C(N)C(C)N(C(=O)c2cc(F)cc(C3=CC(Cl)C(=O)N=C3)c2Cl)CC1)c1cc(F)cc(F)c1. The Balaban J connectivity index is 1.68. The highest BCUT2D eigenvalue weighted by Crippen LogP contribution is 2.33. The summed E-state index contributed by atoms with van der Waals surface area (Å²) in [4.78, 5) is 33.2. The second kappa shape index (κ2) is 10.5. The zero-order chi connectivity index (χ0) is 27.0. The van der Waals surface area contributed by atoms with Crippen LogP contribution in [0.15, 0.2) is 52.7 Å². The second-order valence-corrected chi connectivity index (χ2v) is 9.42. The molecule has 2 aromatic rings. The molecule has 37 heavy (non-hydrogen) atoms. The van der Waals surface area contributed by atoms with Gasteiger partial charge in [-0.1, -0.05) is 11.6 Å². The van der Waals surface area contributed by atoms with Crippen molar-refractivity contribution >= 4 is 52.5 Å². The molecule has 0 saturated heterocycles. The highest BCUT2D eigenvalue weighted by Gasteiger charge is 2.34. The van der Waals surface area contributed by atoms with Crippen molar-refractivity contribution in [2.75, 3.05) is 13.6 Å². The summed E-state index contributed by atoms with van der Waals surface area (Å²) >= 11 is 12.5. The Bertz CT molecular complexity index is 1410. The molecule has 4 rings (SSSR count). The number of benzene rings is 2. The molecule has 192 valence electrons. The maximum atomic E-state index is 14.6. The van der Waals surface area contributed by atoms with E-state index in [1.165, 1.54) is 29.3 Å². The van der Waals surface area contributed by atoms with Crippen LogP contribution in [0.4, 0.5) is 13.2 Å². The summed E-state index contributed by atoms with van der Waals surface area (Å²) in [5.74, 6) is -3.31. The van der Waals surface area contributed by atoms with Crippen LogP contribution in [0.5, 0.6) is 0 Å². The molecule has 11 heteroatoms. The van der Waals surface area contributed by atoms with Crippen LogP contribution in [0.2, 0.25) is 5.02 Å². The normalized spacial score (nSPS) is 20.4. The lowest BCUT2D eigenvalue weighted by Gasteiger charge is -2.35. The zero-order valence-corrected chi connectivity index (χ0v) is 21.3. The van der Waals surface area contributed by atoms with Crippen molar-refractivity contribution in [2.45, 2.75) is 24.8 Å². The van der Waals surface area contributed by atoms with Gasteiger partial charge >= 0.3 is 0 Å². The number of halogens is 5. The molecule has 2 atom stereocenters. The van der Waals surface area contributed by atoms with Gasteiger partial charge in [0.1, 0.15) is 29.9 Å². The summed E-state index contributed by atoms with van der Waals surface area (Å²) in [6.07, 6.45) is 2.87. The molecule has 2 unspecified atom stereocenters. The third-order valence-corrected chi connectivity index (χ3v) is 7.02. The Morgan fingerprint density at radius 1 is 1.14 bits per heavy atom. The molecule has 0 radical (unpaired) electrons. The van der Waals surface area contributed by atoms with Crippen molar-refractivity contribution in [2.24, 2.45) is 10.7 Å². The predicted octanol–water partition coefficient (Wildman–Crippen LogP) is 3.01. The lowest BCUT2D eigenvalue weighted by molar-refractivity contribution is -0.418. The number of carbonyl (C=O) groups excluding carboxylic acids is 2. The van der Waals surface area contributed by atoms with Gasteiger partial charge in [0.05, 0.1) is 22.2 Å². The molecule has 3 N–H and O–H groups in total. The quantitative estimate of drug-likeness (QED) is 0.453. The predicted molar refractivity (Wildman–Crippen MR) is 136 cm³/mol. The minimum absolute atomic E-state index is 0.0272. The van der Waals surface area contributed by atoms with E-state index in [1.807, 2.05) is 0 Å². The van der Waals surface area contributed by atoms with Crippen molar-refractivity contribution in [3.63, 3.8) is 0 Å². The average Bonchev–Trinajstić information content (AvgIpc) is 2.84. The summed E-state index contributed by atoms with van der Waals surface area (Å²) in [5, 5.41) is -1.06. The molecule has 0 bridgehead atoms. The van der Waals surface area contributed by atoms with Crippen LogP contribution in [-0.4, -0.2) is 53.7 Å². The molecule has 0 spiro atoms. The monoisotopic (exact) mass is 549 g/mol. The zero-order valence-electron chi connectivity index (χ0n) is 19.8. The van der Waals surface area contributed by atoms with E-state index in [2.05, 4.69) is 9.98 Å². The maximum Gasteiger partial charge on any atom is 0.267 e. The fraction of sp³-hybridized carbons (Fsp3) is 0.231. The van der Waals surface area contributed by atoms with Crippen LogP contribution in [-0.2, 0) is 4.79 Å². The highest BCUT2D eigenvalue weighted by molar-refractivity contribution is 6.39. The molecule has 6 nitrogen and oxygen atoms in total. The van der Waals surface area contributed by atoms with Crippen LogP contribution in [0, 0.1) is 17.5 Å². The van der Waals surface area contributed by atoms with Crippen molar-refractivity contribution in [3.05, 3.63) is 86.8 Å². The summed E-state index contributed by atoms with van der Waals surface area (Å²) in [6.45, 7) is 1.88. The number of aliphatic imine (C=N–C) groups is 1. The Morgan fingerprint density at radius 3 is 2.41 bits per heavy atom. The van der Waals surface area contributed by atoms with E-state index in [4.69, 9.17) is 28.9 Å². The van der Waals surface area contributed by atoms with Gasteiger partial charge in [-0.3, -0.25) is 9.59 Å². The third kappa shape index (κ3) is 5.19. The van der Waals surface area contributed by atoms with Crippen LogP contribution >= 0.6 is 23.2 Å². The van der Waals surface area contributed by atoms with Gasteiger partial charge in [-0.15, -0.1) is 11.6 Å². The Labute approximate surface area is 221 Å². The number of nitrogens with zero attached hydrogens (tertiary/aromatic N) is 2. The number of amides is 2. The van der Waals surface area contributed by atoms with E-state index in [9.17, 15) is 22.8 Å². The van der Waals surface area contributed by atoms with E-state index in [0.717, 1.165) is 18.2 Å². The fourth-order valence-corrected chi connectivity index (χ4v) is 4.94. The average molecular weight is 550 g/mol. The molecule has 2 aromatic carbocycles. The molecule has 0 aliphatic carbocycles. The van der Waals surface area contributed by atoms with E-state index in [1.54, 1.807) is 14.0 Å². The number of rotatable bonds is 4. The molecular weight excluding hydrogens is 528 g/mol. The van der Waals surface area contributed by atoms with E-state index >= 15 is 0 Å². The molecule has 2 aliphatic heterocycles. The van der Waals surface area contributed by atoms with Gasteiger partial charge in [-0.05, 0) is 49.3 Å². The minimum Gasteiger partial charge on any atom is -0.400 e. The van der Waals surface area contributed by atoms with E-state index in [0.29, 0.717) is 22.6 Å². The Hall–Kier alpha value is -3.43. The van der Waals surface area contributed by atoms with E-state index in [-0.39, 0.29) is 34.7 Å². The standard InChI is InChI=1S/C26H21Cl2F3N4O2/c1-12-23(32)18(24(33-2)13-5-15(29)8-16(30)6-13)3-4-35(12)26(37)20-10-17(31)9-19(22(20)28)14-7-21(27)25(36)34-11-14/h5-12,21H,3-4,32H2,1-2H3/p+1. The largest absolute Gasteiger partial charge is 0.400 e.